The molecule has 1 aliphatic rings. The number of hydrogen-bond acceptors (Lipinski definition) is 3. The molecular formula is C16H22N4O2. The molecule has 1 aliphatic heterocycles. The predicted molar refractivity (Wildman–Crippen MR) is 85.9 cm³/mol. The van der Waals surface area contributed by atoms with Crippen molar-refractivity contribution in [3.05, 3.63) is 24.4 Å². The van der Waals surface area contributed by atoms with Gasteiger partial charge in [0.25, 0.3) is 0 Å². The van der Waals surface area contributed by atoms with Crippen LogP contribution >= 0.6 is 0 Å². The summed E-state index contributed by atoms with van der Waals surface area (Å²) in [7, 11) is 0. The first-order valence-electron chi connectivity index (χ1n) is 7.68. The first kappa shape index (κ1) is 14.8. The molecule has 1 saturated heterocycles. The molecule has 0 bridgehead atoms. The Hall–Kier alpha value is -2.08. The SMILES string of the molecule is CC(C)n1ncc2ccc(NC(=O)N3C[C@@H](O)C[C@H]3C)cc21. The fourth-order valence-electron chi connectivity index (χ4n) is 3.01. The Kier molecular flexibility index (Phi) is 3.78. The van der Waals surface area contributed by atoms with Gasteiger partial charge in [0.2, 0.25) is 0 Å². The number of aromatic nitrogens is 2. The van der Waals surface area contributed by atoms with Crippen molar-refractivity contribution >= 4 is 22.6 Å². The van der Waals surface area contributed by atoms with Gasteiger partial charge in [-0.2, -0.15) is 5.10 Å². The highest BCUT2D eigenvalue weighted by atomic mass is 16.3. The number of urea groups is 1. The lowest BCUT2D eigenvalue weighted by atomic mass is 10.2. The van der Waals surface area contributed by atoms with E-state index in [2.05, 4.69) is 24.3 Å². The second kappa shape index (κ2) is 5.61. The third-order valence-corrected chi connectivity index (χ3v) is 4.15. The number of nitrogens with zero attached hydrogens (tertiary/aromatic N) is 3. The van der Waals surface area contributed by atoms with Gasteiger partial charge in [-0.05, 0) is 45.4 Å². The number of β-amino-alcohol motifs (C(OH)–C–C–N with tert-alkyl or cyclic N) is 1. The lowest BCUT2D eigenvalue weighted by Gasteiger charge is -2.21. The molecule has 2 atom stereocenters. The standard InChI is InChI=1S/C16H22N4O2/c1-10(2)20-15-7-13(5-4-12(15)8-17-20)18-16(22)19-9-14(21)6-11(19)3/h4-5,7-8,10-11,14,21H,6,9H2,1-3H3,(H,18,22)/t11-,14+/m1/s1. The summed E-state index contributed by atoms with van der Waals surface area (Å²) in [6.45, 7) is 6.49. The molecular weight excluding hydrogens is 280 g/mol. The molecule has 0 saturated carbocycles. The highest BCUT2D eigenvalue weighted by Crippen LogP contribution is 2.23. The Bertz CT molecular complexity index is 695. The van der Waals surface area contributed by atoms with E-state index in [9.17, 15) is 9.90 Å². The van der Waals surface area contributed by atoms with Crippen molar-refractivity contribution in [3.63, 3.8) is 0 Å². The Balaban J connectivity index is 1.82. The van der Waals surface area contributed by atoms with Crippen LogP contribution in [-0.2, 0) is 0 Å². The Morgan fingerprint density at radius 1 is 1.45 bits per heavy atom. The quantitative estimate of drug-likeness (QED) is 0.896. The first-order chi connectivity index (χ1) is 10.5. The number of aliphatic hydroxyl groups is 1. The van der Waals surface area contributed by atoms with Crippen molar-refractivity contribution in [2.24, 2.45) is 0 Å². The molecule has 6 nitrogen and oxygen atoms in total. The van der Waals surface area contributed by atoms with Crippen LogP contribution in [0.4, 0.5) is 10.5 Å². The van der Waals surface area contributed by atoms with Gasteiger partial charge in [0, 0.05) is 29.7 Å². The van der Waals surface area contributed by atoms with E-state index in [0.717, 1.165) is 16.6 Å². The van der Waals surface area contributed by atoms with Gasteiger partial charge < -0.3 is 15.3 Å². The number of anilines is 1. The fourth-order valence-corrected chi connectivity index (χ4v) is 3.01. The van der Waals surface area contributed by atoms with Crippen molar-refractivity contribution in [3.8, 4) is 0 Å². The smallest absolute Gasteiger partial charge is 0.322 e. The molecule has 22 heavy (non-hydrogen) atoms. The summed E-state index contributed by atoms with van der Waals surface area (Å²) in [6, 6.07) is 5.93. The average molecular weight is 302 g/mol. The minimum Gasteiger partial charge on any atom is -0.391 e. The van der Waals surface area contributed by atoms with Crippen molar-refractivity contribution in [2.75, 3.05) is 11.9 Å². The summed E-state index contributed by atoms with van der Waals surface area (Å²) in [6.07, 6.45) is 2.04. The minimum absolute atomic E-state index is 0.0555. The van der Waals surface area contributed by atoms with E-state index < -0.39 is 6.10 Å². The second-order valence-corrected chi connectivity index (χ2v) is 6.28. The topological polar surface area (TPSA) is 70.4 Å². The summed E-state index contributed by atoms with van der Waals surface area (Å²) in [4.78, 5) is 14.0. The van der Waals surface area contributed by atoms with E-state index in [0.29, 0.717) is 13.0 Å². The number of fused-ring (bicyclic) bond motifs is 1. The maximum Gasteiger partial charge on any atom is 0.322 e. The lowest BCUT2D eigenvalue weighted by Crippen LogP contribution is -2.37. The molecule has 0 aliphatic carbocycles. The third-order valence-electron chi connectivity index (χ3n) is 4.15. The summed E-state index contributed by atoms with van der Waals surface area (Å²) in [5, 5.41) is 18.0. The van der Waals surface area contributed by atoms with Gasteiger partial charge in [-0.15, -0.1) is 0 Å². The minimum atomic E-state index is -0.425. The molecule has 2 N–H and O–H groups in total. The normalized spacial score (nSPS) is 21.8. The number of nitrogens with one attached hydrogen (secondary N) is 1. The lowest BCUT2D eigenvalue weighted by molar-refractivity contribution is 0.176. The van der Waals surface area contributed by atoms with Crippen LogP contribution in [0.2, 0.25) is 0 Å². The molecule has 0 unspecified atom stereocenters. The van der Waals surface area contributed by atoms with Crippen LogP contribution < -0.4 is 5.32 Å². The molecule has 118 valence electrons. The van der Waals surface area contributed by atoms with E-state index in [1.54, 1.807) is 4.90 Å². The number of amides is 2. The van der Waals surface area contributed by atoms with Gasteiger partial charge in [0.05, 0.1) is 17.8 Å². The van der Waals surface area contributed by atoms with E-state index >= 15 is 0 Å². The molecule has 2 amide bonds. The van der Waals surface area contributed by atoms with E-state index in [4.69, 9.17) is 0 Å². The molecule has 1 fully saturated rings. The van der Waals surface area contributed by atoms with Gasteiger partial charge in [0.1, 0.15) is 0 Å². The van der Waals surface area contributed by atoms with E-state index in [1.165, 1.54) is 0 Å². The molecule has 0 radical (unpaired) electrons. The number of carbonyl (C=O) groups excluding carboxylic acids is 1. The van der Waals surface area contributed by atoms with E-state index in [-0.39, 0.29) is 18.1 Å². The number of rotatable bonds is 2. The van der Waals surface area contributed by atoms with Crippen molar-refractivity contribution < 1.29 is 9.90 Å². The van der Waals surface area contributed by atoms with Gasteiger partial charge in [-0.3, -0.25) is 4.68 Å². The molecule has 3 rings (SSSR count). The van der Waals surface area contributed by atoms with Crippen molar-refractivity contribution in [1.82, 2.24) is 14.7 Å². The number of benzene rings is 1. The van der Waals surface area contributed by atoms with Crippen LogP contribution in [0.1, 0.15) is 33.2 Å². The zero-order valence-corrected chi connectivity index (χ0v) is 13.2. The third kappa shape index (κ3) is 2.66. The maximum absolute atomic E-state index is 12.3. The molecule has 1 aromatic heterocycles. The van der Waals surface area contributed by atoms with E-state index in [1.807, 2.05) is 36.0 Å². The van der Waals surface area contributed by atoms with Crippen LogP contribution in [0, 0.1) is 0 Å². The van der Waals surface area contributed by atoms with Gasteiger partial charge in [-0.1, -0.05) is 0 Å². The van der Waals surface area contributed by atoms with Crippen molar-refractivity contribution in [1.29, 1.82) is 0 Å². The van der Waals surface area contributed by atoms with Gasteiger partial charge >= 0.3 is 6.03 Å². The number of carbonyl (C=O) groups is 1. The maximum atomic E-state index is 12.3. The van der Waals surface area contributed by atoms with Gasteiger partial charge in [-0.25, -0.2) is 4.79 Å². The highest BCUT2D eigenvalue weighted by molar-refractivity contribution is 5.92. The zero-order chi connectivity index (χ0) is 15.9. The summed E-state index contributed by atoms with van der Waals surface area (Å²) in [5.41, 5.74) is 1.75. The molecule has 0 spiro atoms. The fraction of sp³-hybridized carbons (Fsp3) is 0.500. The second-order valence-electron chi connectivity index (χ2n) is 6.28. The molecule has 2 aromatic rings. The number of hydrogen-bond donors (Lipinski definition) is 2. The van der Waals surface area contributed by atoms with Crippen LogP contribution in [0.5, 0.6) is 0 Å². The molecule has 2 heterocycles. The predicted octanol–water partition coefficient (Wildman–Crippen LogP) is 2.60. The largest absolute Gasteiger partial charge is 0.391 e. The van der Waals surface area contributed by atoms with Crippen LogP contribution in [0.25, 0.3) is 10.9 Å². The first-order valence-corrected chi connectivity index (χ1v) is 7.68. The van der Waals surface area contributed by atoms with Crippen LogP contribution in [-0.4, -0.2) is 44.5 Å². The Morgan fingerprint density at radius 3 is 2.86 bits per heavy atom. The zero-order valence-electron chi connectivity index (χ0n) is 13.2. The summed E-state index contributed by atoms with van der Waals surface area (Å²) in [5.74, 6) is 0. The van der Waals surface area contributed by atoms with Gasteiger partial charge in [0.15, 0.2) is 0 Å². The number of aliphatic hydroxyl groups excluding tert-OH is 1. The monoisotopic (exact) mass is 302 g/mol. The summed E-state index contributed by atoms with van der Waals surface area (Å²) >= 11 is 0. The average Bonchev–Trinajstić information content (AvgIpc) is 3.01. The number of likely N-dealkylation sites (tertiary alicyclic amines) is 1. The molecule has 1 aromatic carbocycles. The van der Waals surface area contributed by atoms with Crippen molar-refractivity contribution in [2.45, 2.75) is 45.4 Å². The van der Waals surface area contributed by atoms with Crippen LogP contribution in [0.3, 0.4) is 0 Å². The summed E-state index contributed by atoms with van der Waals surface area (Å²) < 4.78 is 1.94. The van der Waals surface area contributed by atoms with Crippen LogP contribution in [0.15, 0.2) is 24.4 Å². The highest BCUT2D eigenvalue weighted by Gasteiger charge is 2.31. The molecule has 6 heteroatoms. The Morgan fingerprint density at radius 2 is 2.23 bits per heavy atom. The Labute approximate surface area is 129 Å².